The molecule has 6 nitrogen and oxygen atoms in total. The van der Waals surface area contributed by atoms with E-state index in [0.717, 1.165) is 80.4 Å². The number of carbonyl (C=O) groups is 1. The van der Waals surface area contributed by atoms with Crippen molar-refractivity contribution in [3.8, 4) is 0 Å². The number of carbonyl (C=O) groups excluding carboxylic acids is 1. The van der Waals surface area contributed by atoms with Crippen LogP contribution in [0.25, 0.3) is 10.3 Å². The summed E-state index contributed by atoms with van der Waals surface area (Å²) >= 11 is 1.62. The zero-order valence-corrected chi connectivity index (χ0v) is 20.2. The summed E-state index contributed by atoms with van der Waals surface area (Å²) < 4.78 is 0. The molecule has 2 fully saturated rings. The first kappa shape index (κ1) is 22.3. The number of benzene rings is 1. The molecule has 1 atom stereocenters. The second kappa shape index (κ2) is 10.2. The topological polar surface area (TPSA) is 61.4 Å². The van der Waals surface area contributed by atoms with Crippen molar-refractivity contribution in [2.24, 2.45) is 11.8 Å². The van der Waals surface area contributed by atoms with Crippen LogP contribution in [0, 0.1) is 18.8 Å². The van der Waals surface area contributed by atoms with Gasteiger partial charge in [0.05, 0.1) is 5.92 Å². The fraction of sp³-hybridized carbons (Fsp3) is 0.500. The number of amides is 1. The Kier molecular flexibility index (Phi) is 6.88. The molecule has 33 heavy (non-hydrogen) atoms. The lowest BCUT2D eigenvalue weighted by Crippen LogP contribution is -2.45. The normalized spacial score (nSPS) is 20.3. The Morgan fingerprint density at radius 1 is 1.12 bits per heavy atom. The summed E-state index contributed by atoms with van der Waals surface area (Å²) in [5.41, 5.74) is 3.64. The third-order valence-corrected chi connectivity index (χ3v) is 8.06. The van der Waals surface area contributed by atoms with Crippen LogP contribution < -0.4 is 10.2 Å². The number of aromatic nitrogens is 2. The van der Waals surface area contributed by atoms with E-state index in [1.807, 2.05) is 18.3 Å². The maximum Gasteiger partial charge on any atom is 0.224 e. The van der Waals surface area contributed by atoms with Crippen molar-refractivity contribution in [2.45, 2.75) is 39.2 Å². The van der Waals surface area contributed by atoms with Gasteiger partial charge in [-0.25, -0.2) is 9.97 Å². The number of nitrogens with zero attached hydrogens (tertiary/aromatic N) is 4. The molecule has 0 bridgehead atoms. The molecule has 0 saturated carbocycles. The van der Waals surface area contributed by atoms with Crippen LogP contribution in [0.2, 0.25) is 0 Å². The van der Waals surface area contributed by atoms with Gasteiger partial charge < -0.3 is 10.2 Å². The van der Waals surface area contributed by atoms with Crippen LogP contribution in [0.3, 0.4) is 0 Å². The van der Waals surface area contributed by atoms with Gasteiger partial charge in [0.1, 0.15) is 10.3 Å². The van der Waals surface area contributed by atoms with Crippen LogP contribution in [-0.4, -0.2) is 53.5 Å². The summed E-state index contributed by atoms with van der Waals surface area (Å²) in [6, 6.07) is 12.8. The smallest absolute Gasteiger partial charge is 0.224 e. The number of likely N-dealkylation sites (tertiary alicyclic amines) is 1. The lowest BCUT2D eigenvalue weighted by atomic mass is 9.94. The van der Waals surface area contributed by atoms with Crippen molar-refractivity contribution in [3.63, 3.8) is 0 Å². The maximum atomic E-state index is 12.9. The van der Waals surface area contributed by atoms with E-state index in [1.54, 1.807) is 11.3 Å². The number of pyridine rings is 1. The van der Waals surface area contributed by atoms with E-state index < -0.39 is 0 Å². The highest BCUT2D eigenvalue weighted by atomic mass is 32.1. The molecule has 5 rings (SSSR count). The number of rotatable bonds is 6. The van der Waals surface area contributed by atoms with Gasteiger partial charge in [-0.05, 0) is 69.3 Å². The molecule has 0 aliphatic carbocycles. The third kappa shape index (κ3) is 5.53. The van der Waals surface area contributed by atoms with Crippen molar-refractivity contribution in [2.75, 3.05) is 37.6 Å². The predicted octanol–water partition coefficient (Wildman–Crippen LogP) is 4.24. The fourth-order valence-electron chi connectivity index (χ4n) is 4.95. The number of anilines is 1. The molecule has 4 heterocycles. The van der Waals surface area contributed by atoms with Gasteiger partial charge in [0, 0.05) is 32.4 Å². The van der Waals surface area contributed by atoms with Crippen LogP contribution in [0.5, 0.6) is 0 Å². The molecule has 7 heteroatoms. The first-order valence-corrected chi connectivity index (χ1v) is 13.0. The maximum absolute atomic E-state index is 12.9. The van der Waals surface area contributed by atoms with E-state index in [2.05, 4.69) is 51.3 Å². The highest BCUT2D eigenvalue weighted by Gasteiger charge is 2.28. The molecular weight excluding hydrogens is 430 g/mol. The average Bonchev–Trinajstić information content (AvgIpc) is 3.29. The molecule has 1 aromatic carbocycles. The zero-order valence-electron chi connectivity index (χ0n) is 19.4. The summed E-state index contributed by atoms with van der Waals surface area (Å²) in [7, 11) is 0. The number of fused-ring (bicyclic) bond motifs is 1. The molecule has 2 aromatic heterocycles. The van der Waals surface area contributed by atoms with Gasteiger partial charge in [-0.1, -0.05) is 41.2 Å². The Hall–Kier alpha value is -2.51. The SMILES string of the molecule is Cc1ccc(CN2CCC(CNC(=O)[C@@H]3CCCN(c4nc5cccnc5s4)C3)CC2)cc1. The van der Waals surface area contributed by atoms with Gasteiger partial charge in [0.2, 0.25) is 5.91 Å². The number of piperidine rings is 2. The van der Waals surface area contributed by atoms with Crippen LogP contribution >= 0.6 is 11.3 Å². The van der Waals surface area contributed by atoms with E-state index in [4.69, 9.17) is 4.98 Å². The van der Waals surface area contributed by atoms with Gasteiger partial charge >= 0.3 is 0 Å². The summed E-state index contributed by atoms with van der Waals surface area (Å²) in [5.74, 6) is 0.833. The molecule has 174 valence electrons. The van der Waals surface area contributed by atoms with Crippen LogP contribution in [-0.2, 0) is 11.3 Å². The third-order valence-electron chi connectivity index (χ3n) is 7.02. The number of nitrogens with one attached hydrogen (secondary N) is 1. The van der Waals surface area contributed by atoms with Crippen molar-refractivity contribution < 1.29 is 4.79 Å². The van der Waals surface area contributed by atoms with Gasteiger partial charge in [0.15, 0.2) is 5.13 Å². The van der Waals surface area contributed by atoms with Gasteiger partial charge in [-0.2, -0.15) is 0 Å². The summed E-state index contributed by atoms with van der Waals surface area (Å²) in [4.78, 5) is 27.9. The molecule has 0 radical (unpaired) electrons. The zero-order chi connectivity index (χ0) is 22.6. The standard InChI is InChI=1S/C26H33N5OS/c1-19-6-8-21(9-7-19)17-30-14-10-20(11-15-30)16-28-24(32)22-4-3-13-31(18-22)26-29-23-5-2-12-27-25(23)33-26/h2,5-9,12,20,22H,3-4,10-11,13-18H2,1H3,(H,28,32)/t22-/m1/s1. The van der Waals surface area contributed by atoms with Gasteiger partial charge in [-0.15, -0.1) is 0 Å². The summed E-state index contributed by atoms with van der Waals surface area (Å²) in [6.07, 6.45) is 6.10. The largest absolute Gasteiger partial charge is 0.356 e. The van der Waals surface area contributed by atoms with Crippen molar-refractivity contribution in [3.05, 3.63) is 53.7 Å². The van der Waals surface area contributed by atoms with Crippen molar-refractivity contribution in [1.29, 1.82) is 0 Å². The van der Waals surface area contributed by atoms with E-state index in [0.29, 0.717) is 5.92 Å². The molecule has 1 N–H and O–H groups in total. The highest BCUT2D eigenvalue weighted by Crippen LogP contribution is 2.30. The second-order valence-corrected chi connectivity index (χ2v) is 10.5. The van der Waals surface area contributed by atoms with E-state index in [-0.39, 0.29) is 11.8 Å². The molecule has 2 saturated heterocycles. The first-order valence-electron chi connectivity index (χ1n) is 12.2. The van der Waals surface area contributed by atoms with E-state index in [1.165, 1.54) is 11.1 Å². The minimum absolute atomic E-state index is 0.0420. The van der Waals surface area contributed by atoms with E-state index >= 15 is 0 Å². The van der Waals surface area contributed by atoms with Crippen LogP contribution in [0.15, 0.2) is 42.6 Å². The second-order valence-electron chi connectivity index (χ2n) is 9.56. The van der Waals surface area contributed by atoms with Crippen molar-refractivity contribution in [1.82, 2.24) is 20.2 Å². The summed E-state index contributed by atoms with van der Waals surface area (Å²) in [6.45, 7) is 7.89. The van der Waals surface area contributed by atoms with Gasteiger partial charge in [-0.3, -0.25) is 9.69 Å². The fourth-order valence-corrected chi connectivity index (χ4v) is 5.89. The monoisotopic (exact) mass is 463 g/mol. The lowest BCUT2D eigenvalue weighted by Gasteiger charge is -2.34. The van der Waals surface area contributed by atoms with Crippen LogP contribution in [0.4, 0.5) is 5.13 Å². The predicted molar refractivity (Wildman–Crippen MR) is 135 cm³/mol. The molecule has 0 unspecified atom stereocenters. The molecule has 2 aliphatic rings. The first-order chi connectivity index (χ1) is 16.1. The Bertz CT molecular complexity index is 1040. The Balaban J connectivity index is 1.07. The van der Waals surface area contributed by atoms with Gasteiger partial charge in [0.25, 0.3) is 0 Å². The molecule has 2 aliphatic heterocycles. The lowest BCUT2D eigenvalue weighted by molar-refractivity contribution is -0.125. The Morgan fingerprint density at radius 3 is 2.73 bits per heavy atom. The average molecular weight is 464 g/mol. The highest BCUT2D eigenvalue weighted by molar-refractivity contribution is 7.21. The number of hydrogen-bond donors (Lipinski definition) is 1. The molecular formula is C26H33N5OS. The number of hydrogen-bond acceptors (Lipinski definition) is 6. The number of thiazole rings is 1. The van der Waals surface area contributed by atoms with E-state index in [9.17, 15) is 4.79 Å². The minimum atomic E-state index is 0.0420. The molecule has 0 spiro atoms. The van der Waals surface area contributed by atoms with Crippen molar-refractivity contribution >= 4 is 32.7 Å². The Labute approximate surface area is 200 Å². The quantitative estimate of drug-likeness (QED) is 0.592. The van der Waals surface area contributed by atoms with Crippen LogP contribution in [0.1, 0.15) is 36.8 Å². The Morgan fingerprint density at radius 2 is 1.94 bits per heavy atom. The number of aryl methyl sites for hydroxylation is 1. The summed E-state index contributed by atoms with van der Waals surface area (Å²) in [5, 5.41) is 4.27. The molecule has 3 aromatic rings. The minimum Gasteiger partial charge on any atom is -0.356 e. The molecule has 1 amide bonds.